The van der Waals surface area contributed by atoms with Gasteiger partial charge in [0.25, 0.3) is 0 Å². The first-order valence-electron chi connectivity index (χ1n) is 18.0. The van der Waals surface area contributed by atoms with Gasteiger partial charge in [0.2, 0.25) is 0 Å². The third-order valence-electron chi connectivity index (χ3n) is 15.4. The fourth-order valence-electron chi connectivity index (χ4n) is 12.1. The molecular weight excluding hydrogens is 608 g/mol. The number of benzene rings is 1. The summed E-state index contributed by atoms with van der Waals surface area (Å²) < 4.78 is 11.1. The van der Waals surface area contributed by atoms with Crippen molar-refractivity contribution >= 4 is 18.0 Å². The number of hydrogen-bond acceptors (Lipinski definition) is 7. The highest BCUT2D eigenvalue weighted by atomic mass is 16.5. The zero-order valence-electron chi connectivity index (χ0n) is 29.8. The molecule has 5 aliphatic rings. The molecule has 1 aromatic rings. The van der Waals surface area contributed by atoms with Gasteiger partial charge in [-0.2, -0.15) is 0 Å². The number of ether oxygens (including phenoxy) is 2. The van der Waals surface area contributed by atoms with Gasteiger partial charge in [-0.05, 0) is 122 Å². The Labute approximate surface area is 285 Å². The van der Waals surface area contributed by atoms with E-state index >= 15 is 0 Å². The zero-order valence-corrected chi connectivity index (χ0v) is 29.8. The molecule has 0 spiro atoms. The number of carboxylic acid groups (broad SMARTS) is 1. The van der Waals surface area contributed by atoms with Crippen molar-refractivity contribution in [3.8, 4) is 11.5 Å². The average Bonchev–Trinajstić information content (AvgIpc) is 3.03. The van der Waals surface area contributed by atoms with E-state index in [1.807, 2.05) is 6.92 Å². The molecule has 0 saturated heterocycles. The molecular formula is C40H56O8. The third-order valence-corrected chi connectivity index (χ3v) is 15.4. The number of aliphatic hydroxyl groups excluding tert-OH is 1. The van der Waals surface area contributed by atoms with Gasteiger partial charge >= 0.3 is 11.9 Å². The lowest BCUT2D eigenvalue weighted by atomic mass is 9.33. The van der Waals surface area contributed by atoms with E-state index in [0.717, 1.165) is 32.1 Å². The molecule has 5 aliphatic carbocycles. The van der Waals surface area contributed by atoms with E-state index in [0.29, 0.717) is 42.9 Å². The molecule has 0 bridgehead atoms. The maximum absolute atomic E-state index is 13.0. The highest BCUT2D eigenvalue weighted by Crippen LogP contribution is 2.76. The van der Waals surface area contributed by atoms with Gasteiger partial charge in [-0.1, -0.05) is 52.3 Å². The molecule has 8 heteroatoms. The van der Waals surface area contributed by atoms with Crippen LogP contribution in [0.5, 0.6) is 11.5 Å². The summed E-state index contributed by atoms with van der Waals surface area (Å²) in [7, 11) is 1.47. The van der Waals surface area contributed by atoms with Crippen LogP contribution in [0.1, 0.15) is 105 Å². The van der Waals surface area contributed by atoms with Gasteiger partial charge < -0.3 is 29.9 Å². The van der Waals surface area contributed by atoms with Gasteiger partial charge in [0.05, 0.1) is 30.8 Å². The molecule has 264 valence electrons. The number of fused-ring (bicyclic) bond motifs is 7. The number of allylic oxidation sites excluding steroid dienone is 1. The summed E-state index contributed by atoms with van der Waals surface area (Å²) in [5.41, 5.74) is -1.30. The highest BCUT2D eigenvalue weighted by Gasteiger charge is 2.71. The van der Waals surface area contributed by atoms with Crippen molar-refractivity contribution in [1.29, 1.82) is 0 Å². The standard InChI is InChI=1S/C40H56O8/c1-24-14-19-40(34(44)45)21-20-37(4)26(33(40)39(24,6)46)10-12-30-35(2)17-16-31(42)36(3,29(35)15-18-38(30,37)5)23-48-32(43)13-9-25-8-11-27(41)28(22-25)47-7/h8-11,13,22,24,29-31,33,41-42,46H,12,14-21,23H2,1-7H3,(H,44,45)/b13-9+/t24-,29-,30-,31+,33-,35+,36-,37-,38-,39-,40+/m1/s1. The van der Waals surface area contributed by atoms with Gasteiger partial charge in [0, 0.05) is 17.4 Å². The van der Waals surface area contributed by atoms with E-state index in [-0.39, 0.29) is 40.4 Å². The van der Waals surface area contributed by atoms with Crippen molar-refractivity contribution in [2.24, 2.45) is 50.7 Å². The van der Waals surface area contributed by atoms with Gasteiger partial charge in [-0.15, -0.1) is 0 Å². The molecule has 0 aliphatic heterocycles. The topological polar surface area (TPSA) is 134 Å². The maximum atomic E-state index is 13.0. The number of aliphatic hydroxyl groups is 2. The quantitative estimate of drug-likeness (QED) is 0.143. The van der Waals surface area contributed by atoms with Crippen LogP contribution in [0.4, 0.5) is 0 Å². The number of esters is 1. The highest BCUT2D eigenvalue weighted by molar-refractivity contribution is 5.87. The number of phenols is 1. The lowest BCUT2D eigenvalue weighted by molar-refractivity contribution is -0.227. The Morgan fingerprint density at radius 1 is 0.979 bits per heavy atom. The van der Waals surface area contributed by atoms with Crippen LogP contribution in [0, 0.1) is 50.7 Å². The SMILES string of the molecule is COc1cc(/C=C/C(=O)OC[C@]2(C)[C@@H]3CC[C@]4(C)[C@H](CC=C5[C@H]6[C@](C(=O)O)(CC[C@@H](C)[C@@]6(C)O)CC[C@]54C)[C@@]3(C)CC[C@@H]2O)ccc1O. The number of phenolic OH excluding ortho intramolecular Hbond substituents is 1. The Kier molecular flexibility index (Phi) is 8.47. The first-order chi connectivity index (χ1) is 22.4. The number of rotatable bonds is 6. The number of aromatic hydroxyl groups is 1. The van der Waals surface area contributed by atoms with Crippen molar-refractivity contribution in [2.75, 3.05) is 13.7 Å². The molecule has 4 N–H and O–H groups in total. The smallest absolute Gasteiger partial charge is 0.330 e. The van der Waals surface area contributed by atoms with E-state index in [1.165, 1.54) is 24.8 Å². The number of carbonyl (C=O) groups is 2. The van der Waals surface area contributed by atoms with Crippen LogP contribution in [0.15, 0.2) is 35.9 Å². The molecule has 0 radical (unpaired) electrons. The second-order valence-corrected chi connectivity index (χ2v) is 17.3. The number of hydrogen-bond donors (Lipinski definition) is 4. The summed E-state index contributed by atoms with van der Waals surface area (Å²) in [6.07, 6.45) is 11.5. The van der Waals surface area contributed by atoms with Crippen LogP contribution in [0.3, 0.4) is 0 Å². The Morgan fingerprint density at radius 2 is 1.71 bits per heavy atom. The summed E-state index contributed by atoms with van der Waals surface area (Å²) in [5.74, 6) is -0.891. The molecule has 1 aromatic carbocycles. The average molecular weight is 665 g/mol. The second-order valence-electron chi connectivity index (χ2n) is 17.3. The fourth-order valence-corrected chi connectivity index (χ4v) is 12.1. The van der Waals surface area contributed by atoms with Crippen LogP contribution < -0.4 is 4.74 Å². The molecule has 48 heavy (non-hydrogen) atoms. The Bertz CT molecular complexity index is 1530. The molecule has 11 atom stereocenters. The van der Waals surface area contributed by atoms with Crippen LogP contribution in [-0.2, 0) is 14.3 Å². The summed E-state index contributed by atoms with van der Waals surface area (Å²) in [5, 5.41) is 44.2. The van der Waals surface area contributed by atoms with Crippen LogP contribution in [0.25, 0.3) is 6.08 Å². The summed E-state index contributed by atoms with van der Waals surface area (Å²) in [4.78, 5) is 26.0. The minimum absolute atomic E-state index is 0.0130. The monoisotopic (exact) mass is 664 g/mol. The predicted molar refractivity (Wildman–Crippen MR) is 183 cm³/mol. The zero-order chi connectivity index (χ0) is 35.1. The lowest BCUT2D eigenvalue weighted by Gasteiger charge is -2.71. The first-order valence-corrected chi connectivity index (χ1v) is 18.0. The summed E-state index contributed by atoms with van der Waals surface area (Å²) >= 11 is 0. The Morgan fingerprint density at radius 3 is 2.40 bits per heavy atom. The molecule has 8 nitrogen and oxygen atoms in total. The molecule has 0 amide bonds. The maximum Gasteiger partial charge on any atom is 0.330 e. The first kappa shape index (κ1) is 35.0. The van der Waals surface area contributed by atoms with E-state index in [9.17, 15) is 30.0 Å². The minimum Gasteiger partial charge on any atom is -0.504 e. The van der Waals surface area contributed by atoms with Gasteiger partial charge in [-0.3, -0.25) is 4.79 Å². The Balaban J connectivity index is 1.28. The van der Waals surface area contributed by atoms with Gasteiger partial charge in [0.1, 0.15) is 0 Å². The largest absolute Gasteiger partial charge is 0.504 e. The van der Waals surface area contributed by atoms with E-state index in [2.05, 4.69) is 40.7 Å². The fraction of sp³-hybridized carbons (Fsp3) is 0.700. The van der Waals surface area contributed by atoms with Crippen molar-refractivity contribution in [1.82, 2.24) is 0 Å². The van der Waals surface area contributed by atoms with Gasteiger partial charge in [-0.25, -0.2) is 4.79 Å². The van der Waals surface area contributed by atoms with Gasteiger partial charge in [0.15, 0.2) is 11.5 Å². The molecule has 4 saturated carbocycles. The van der Waals surface area contributed by atoms with E-state index < -0.39 is 40.4 Å². The molecule has 0 aromatic heterocycles. The molecule has 4 fully saturated rings. The molecule has 0 unspecified atom stereocenters. The van der Waals surface area contributed by atoms with E-state index in [4.69, 9.17) is 9.47 Å². The number of methoxy groups -OCH3 is 1. The lowest BCUT2D eigenvalue weighted by Crippen LogP contribution is -2.68. The van der Waals surface area contributed by atoms with E-state index in [1.54, 1.807) is 18.2 Å². The summed E-state index contributed by atoms with van der Waals surface area (Å²) in [6, 6.07) is 4.84. The van der Waals surface area contributed by atoms with Crippen molar-refractivity contribution in [3.63, 3.8) is 0 Å². The summed E-state index contributed by atoms with van der Waals surface area (Å²) in [6.45, 7) is 13.3. The third kappa shape index (κ3) is 4.82. The van der Waals surface area contributed by atoms with Crippen molar-refractivity contribution in [3.05, 3.63) is 41.5 Å². The van der Waals surface area contributed by atoms with Crippen LogP contribution >= 0.6 is 0 Å². The number of carbonyl (C=O) groups excluding carboxylic acids is 1. The normalized spacial score (nSPS) is 45.2. The Hall–Kier alpha value is -2.84. The minimum atomic E-state index is -1.10. The predicted octanol–water partition coefficient (Wildman–Crippen LogP) is 7.16. The van der Waals surface area contributed by atoms with Crippen LogP contribution in [-0.4, -0.2) is 57.8 Å². The second kappa shape index (κ2) is 11.6. The molecule has 0 heterocycles. The molecule has 6 rings (SSSR count). The van der Waals surface area contributed by atoms with Crippen LogP contribution in [0.2, 0.25) is 0 Å². The van der Waals surface area contributed by atoms with Crippen molar-refractivity contribution in [2.45, 2.75) is 111 Å². The number of aliphatic carboxylic acids is 1. The van der Waals surface area contributed by atoms with Crippen molar-refractivity contribution < 1.29 is 39.5 Å². The number of carboxylic acids is 1.